The number of benzene rings is 1. The molecule has 0 bridgehead atoms. The van der Waals surface area contributed by atoms with Crippen LogP contribution in [0, 0.1) is 18.8 Å². The summed E-state index contributed by atoms with van der Waals surface area (Å²) in [6.07, 6.45) is 7.51. The highest BCUT2D eigenvalue weighted by Crippen LogP contribution is 2.34. The van der Waals surface area contributed by atoms with Gasteiger partial charge in [-0.3, -0.25) is 9.59 Å². The van der Waals surface area contributed by atoms with Gasteiger partial charge in [-0.2, -0.15) is 0 Å². The fourth-order valence-corrected chi connectivity index (χ4v) is 3.81. The van der Waals surface area contributed by atoms with Crippen LogP contribution in [-0.4, -0.2) is 11.7 Å². The number of ketones is 1. The Morgan fingerprint density at radius 2 is 1.90 bits per heavy atom. The third kappa shape index (κ3) is 3.02. The molecule has 1 N–H and O–H groups in total. The van der Waals surface area contributed by atoms with Gasteiger partial charge in [-0.15, -0.1) is 0 Å². The van der Waals surface area contributed by atoms with E-state index in [0.717, 1.165) is 12.0 Å². The first-order valence-corrected chi connectivity index (χ1v) is 8.09. The number of fused-ring (bicyclic) bond motifs is 1. The van der Waals surface area contributed by atoms with Gasteiger partial charge >= 0.3 is 0 Å². The number of aryl methyl sites for hydroxylation is 1. The molecule has 1 aliphatic heterocycles. The zero-order valence-electron chi connectivity index (χ0n) is 12.7. The third-order valence-corrected chi connectivity index (χ3v) is 4.95. The van der Waals surface area contributed by atoms with Gasteiger partial charge in [0.1, 0.15) is 0 Å². The van der Waals surface area contributed by atoms with Crippen molar-refractivity contribution in [3.63, 3.8) is 0 Å². The molecule has 0 unspecified atom stereocenters. The van der Waals surface area contributed by atoms with Crippen LogP contribution in [0.25, 0.3) is 0 Å². The molecule has 0 saturated heterocycles. The molecule has 2 aliphatic rings. The summed E-state index contributed by atoms with van der Waals surface area (Å²) in [6, 6.07) is 5.66. The number of carbonyl (C=O) groups excluding carboxylic acids is 2. The number of Topliss-reactive ketones (excluding diaryl/α,β-unsaturated/α-hetero) is 1. The number of hydrogen-bond donors (Lipinski definition) is 1. The molecule has 1 aliphatic carbocycles. The number of anilines is 1. The van der Waals surface area contributed by atoms with E-state index in [1.54, 1.807) is 0 Å². The minimum atomic E-state index is -0.160. The molecule has 3 nitrogen and oxygen atoms in total. The average molecular weight is 285 g/mol. The van der Waals surface area contributed by atoms with E-state index in [1.807, 2.05) is 25.1 Å². The van der Waals surface area contributed by atoms with Crippen LogP contribution in [0.3, 0.4) is 0 Å². The Hall–Kier alpha value is -1.64. The van der Waals surface area contributed by atoms with E-state index >= 15 is 0 Å². The van der Waals surface area contributed by atoms with E-state index in [4.69, 9.17) is 0 Å². The average Bonchev–Trinajstić information content (AvgIpc) is 2.58. The molecule has 1 amide bonds. The third-order valence-electron chi connectivity index (χ3n) is 4.95. The van der Waals surface area contributed by atoms with Crippen molar-refractivity contribution >= 4 is 17.4 Å². The lowest BCUT2D eigenvalue weighted by Crippen LogP contribution is -2.25. The van der Waals surface area contributed by atoms with Crippen LogP contribution in [0.1, 0.15) is 60.9 Å². The first-order valence-electron chi connectivity index (χ1n) is 8.09. The highest BCUT2D eigenvalue weighted by Gasteiger charge is 2.31. The number of nitrogens with one attached hydrogen (secondary N) is 1. The summed E-state index contributed by atoms with van der Waals surface area (Å²) in [5.41, 5.74) is 2.35. The van der Waals surface area contributed by atoms with E-state index in [0.29, 0.717) is 23.6 Å². The second-order valence-electron chi connectivity index (χ2n) is 6.55. The van der Waals surface area contributed by atoms with E-state index < -0.39 is 0 Å². The lowest BCUT2D eigenvalue weighted by molar-refractivity contribution is -0.120. The predicted octanol–water partition coefficient (Wildman–Crippen LogP) is 4.11. The van der Waals surface area contributed by atoms with Crippen molar-refractivity contribution in [3.05, 3.63) is 29.3 Å². The smallest absolute Gasteiger partial charge is 0.227 e. The predicted molar refractivity (Wildman–Crippen MR) is 83.4 cm³/mol. The fraction of sp³-hybridized carbons (Fsp3) is 0.556. The van der Waals surface area contributed by atoms with Crippen LogP contribution in [0.4, 0.5) is 5.69 Å². The second-order valence-corrected chi connectivity index (χ2v) is 6.55. The van der Waals surface area contributed by atoms with Gasteiger partial charge in [-0.25, -0.2) is 0 Å². The van der Waals surface area contributed by atoms with Crippen LogP contribution < -0.4 is 5.32 Å². The number of rotatable bonds is 2. The van der Waals surface area contributed by atoms with E-state index in [-0.39, 0.29) is 17.6 Å². The molecule has 3 rings (SSSR count). The molecule has 1 atom stereocenters. The number of hydrogen-bond acceptors (Lipinski definition) is 2. The Morgan fingerprint density at radius 1 is 1.14 bits per heavy atom. The van der Waals surface area contributed by atoms with Gasteiger partial charge in [-0.05, 0) is 30.9 Å². The SMILES string of the molecule is Cc1cccc2c1C(=O)C[C@@H](CC1CCCCC1)C(=O)N2. The fourth-order valence-electron chi connectivity index (χ4n) is 3.81. The lowest BCUT2D eigenvalue weighted by atomic mass is 9.81. The van der Waals surface area contributed by atoms with Crippen molar-refractivity contribution in [2.24, 2.45) is 11.8 Å². The molecule has 0 spiro atoms. The van der Waals surface area contributed by atoms with E-state index in [1.165, 1.54) is 32.1 Å². The maximum absolute atomic E-state index is 12.5. The number of carbonyl (C=O) groups is 2. The van der Waals surface area contributed by atoms with Gasteiger partial charge in [0.05, 0.1) is 5.69 Å². The summed E-state index contributed by atoms with van der Waals surface area (Å²) < 4.78 is 0. The van der Waals surface area contributed by atoms with Crippen molar-refractivity contribution in [2.75, 3.05) is 5.32 Å². The van der Waals surface area contributed by atoms with Crippen molar-refractivity contribution in [2.45, 2.75) is 51.9 Å². The van der Waals surface area contributed by atoms with Gasteiger partial charge in [0.25, 0.3) is 0 Å². The van der Waals surface area contributed by atoms with Crippen LogP contribution in [0.15, 0.2) is 18.2 Å². The van der Waals surface area contributed by atoms with Crippen molar-refractivity contribution in [3.8, 4) is 0 Å². The molecule has 1 aromatic rings. The van der Waals surface area contributed by atoms with Crippen LogP contribution in [-0.2, 0) is 4.79 Å². The molecule has 0 aromatic heterocycles. The zero-order chi connectivity index (χ0) is 14.8. The standard InChI is InChI=1S/C18H23NO2/c1-12-6-5-9-15-17(12)16(20)11-14(18(21)19-15)10-13-7-3-2-4-8-13/h5-6,9,13-14H,2-4,7-8,10-11H2,1H3,(H,19,21)/t14-/m1/s1. The highest BCUT2D eigenvalue weighted by molar-refractivity contribution is 6.10. The second kappa shape index (κ2) is 6.00. The molecule has 1 saturated carbocycles. The van der Waals surface area contributed by atoms with Gasteiger partial charge in [-0.1, -0.05) is 44.2 Å². The molecule has 0 radical (unpaired) electrons. The Balaban J connectivity index is 1.79. The Kier molecular flexibility index (Phi) is 4.09. The molecule has 112 valence electrons. The molecule has 1 heterocycles. The Bertz CT molecular complexity index is 558. The molecular weight excluding hydrogens is 262 g/mol. The van der Waals surface area contributed by atoms with Crippen LogP contribution in [0.2, 0.25) is 0 Å². The van der Waals surface area contributed by atoms with Crippen molar-refractivity contribution in [1.82, 2.24) is 0 Å². The van der Waals surface area contributed by atoms with Gasteiger partial charge in [0.15, 0.2) is 5.78 Å². The quantitative estimate of drug-likeness (QED) is 0.889. The molecule has 21 heavy (non-hydrogen) atoms. The minimum Gasteiger partial charge on any atom is -0.325 e. The normalized spacial score (nSPS) is 23.4. The molecule has 1 fully saturated rings. The maximum atomic E-state index is 12.5. The maximum Gasteiger partial charge on any atom is 0.227 e. The van der Waals surface area contributed by atoms with Crippen molar-refractivity contribution in [1.29, 1.82) is 0 Å². The summed E-state index contributed by atoms with van der Waals surface area (Å²) in [4.78, 5) is 25.0. The zero-order valence-corrected chi connectivity index (χ0v) is 12.7. The minimum absolute atomic E-state index is 0.0262. The summed E-state index contributed by atoms with van der Waals surface area (Å²) in [7, 11) is 0. The molecule has 1 aromatic carbocycles. The molecule has 3 heteroatoms. The Labute approximate surface area is 126 Å². The topological polar surface area (TPSA) is 46.2 Å². The highest BCUT2D eigenvalue weighted by atomic mass is 16.2. The summed E-state index contributed by atoms with van der Waals surface area (Å²) in [5, 5.41) is 2.97. The van der Waals surface area contributed by atoms with Gasteiger partial charge in [0, 0.05) is 17.9 Å². The lowest BCUT2D eigenvalue weighted by Gasteiger charge is -2.24. The first kappa shape index (κ1) is 14.3. The molecular formula is C18H23NO2. The van der Waals surface area contributed by atoms with Crippen molar-refractivity contribution < 1.29 is 9.59 Å². The van der Waals surface area contributed by atoms with Crippen LogP contribution in [0.5, 0.6) is 0 Å². The monoisotopic (exact) mass is 285 g/mol. The Morgan fingerprint density at radius 3 is 2.67 bits per heavy atom. The van der Waals surface area contributed by atoms with E-state index in [2.05, 4.69) is 5.32 Å². The summed E-state index contributed by atoms with van der Waals surface area (Å²) in [5.74, 6) is 0.595. The van der Waals surface area contributed by atoms with Gasteiger partial charge < -0.3 is 5.32 Å². The van der Waals surface area contributed by atoms with E-state index in [9.17, 15) is 9.59 Å². The summed E-state index contributed by atoms with van der Waals surface area (Å²) >= 11 is 0. The first-order chi connectivity index (χ1) is 10.1. The van der Waals surface area contributed by atoms with Gasteiger partial charge in [0.2, 0.25) is 5.91 Å². The van der Waals surface area contributed by atoms with Crippen LogP contribution >= 0.6 is 0 Å². The largest absolute Gasteiger partial charge is 0.325 e. The number of amides is 1. The summed E-state index contributed by atoms with van der Waals surface area (Å²) in [6.45, 7) is 1.93.